The van der Waals surface area contributed by atoms with Crippen molar-refractivity contribution in [1.82, 2.24) is 5.32 Å². The van der Waals surface area contributed by atoms with Crippen LogP contribution < -0.4 is 5.32 Å². The highest BCUT2D eigenvalue weighted by Gasteiger charge is 2.26. The summed E-state index contributed by atoms with van der Waals surface area (Å²) < 4.78 is 49.5. The molecule has 0 aromatic carbocycles. The number of nitrogens with one attached hydrogen (secondary N) is 1. The number of unbranched alkanes of at least 4 members (excludes halogenated alkanes) is 28. The van der Waals surface area contributed by atoms with Gasteiger partial charge in [0.25, 0.3) is 0 Å². The third-order valence-electron chi connectivity index (χ3n) is 11.6. The molecule has 0 aliphatic rings. The molecule has 0 saturated carbocycles. The molecule has 1 amide bonds. The van der Waals surface area contributed by atoms with Gasteiger partial charge in [-0.15, -0.1) is 0 Å². The Hall–Kier alpha value is -2.09. The summed E-state index contributed by atoms with van der Waals surface area (Å²) in [5.74, 6) is -1.86. The minimum absolute atomic E-state index is 0.0522. The van der Waals surface area contributed by atoms with E-state index < -0.39 is 44.3 Å². The van der Waals surface area contributed by atoms with E-state index in [0.717, 1.165) is 44.9 Å². The van der Waals surface area contributed by atoms with Gasteiger partial charge in [0.1, 0.15) is 13.2 Å². The molecular formula is C52H100NO13P. The summed E-state index contributed by atoms with van der Waals surface area (Å²) in [7, 11) is -4.63. The van der Waals surface area contributed by atoms with Crippen molar-refractivity contribution in [1.29, 1.82) is 0 Å². The molecule has 0 heterocycles. The summed E-state index contributed by atoms with van der Waals surface area (Å²) in [6, 6.07) is 0. The maximum Gasteiger partial charge on any atom is 0.472 e. The molecule has 2 atom stereocenters. The van der Waals surface area contributed by atoms with Crippen LogP contribution in [0.2, 0.25) is 0 Å². The SMILES string of the molecule is CCCCCCCCCCCCCCCCCC(=O)OCC(COP(=O)(O)OCCNC(=O)CCOC(=O)CCOCCOCCC)OC(=O)CCCCCCCCCCCCCCCCC. The molecule has 0 fully saturated rings. The first-order valence-corrected chi connectivity index (χ1v) is 28.7. The highest BCUT2D eigenvalue weighted by atomic mass is 31.2. The van der Waals surface area contributed by atoms with Crippen LogP contribution in [0.25, 0.3) is 0 Å². The number of rotatable bonds is 53. The zero-order chi connectivity index (χ0) is 49.2. The van der Waals surface area contributed by atoms with E-state index in [0.29, 0.717) is 32.7 Å². The van der Waals surface area contributed by atoms with Gasteiger partial charge in [0, 0.05) is 26.0 Å². The van der Waals surface area contributed by atoms with E-state index in [4.69, 9.17) is 32.7 Å². The molecule has 0 saturated heterocycles. The number of phosphoric ester groups is 1. The molecule has 0 aliphatic carbocycles. The molecule has 0 aromatic rings. The first-order chi connectivity index (χ1) is 32.6. The molecule has 14 nitrogen and oxygen atoms in total. The highest BCUT2D eigenvalue weighted by Crippen LogP contribution is 2.43. The molecule has 0 aliphatic heterocycles. The summed E-state index contributed by atoms with van der Waals surface area (Å²) >= 11 is 0. The number of hydrogen-bond donors (Lipinski definition) is 2. The van der Waals surface area contributed by atoms with E-state index in [1.807, 2.05) is 6.92 Å². The maximum atomic E-state index is 12.8. The third-order valence-corrected chi connectivity index (χ3v) is 12.5. The van der Waals surface area contributed by atoms with Gasteiger partial charge in [-0.05, 0) is 19.3 Å². The molecule has 0 bridgehead atoms. The van der Waals surface area contributed by atoms with E-state index >= 15 is 0 Å². The van der Waals surface area contributed by atoms with Gasteiger partial charge in [0.05, 0.1) is 45.9 Å². The van der Waals surface area contributed by atoms with E-state index in [9.17, 15) is 28.6 Å². The summed E-state index contributed by atoms with van der Waals surface area (Å²) in [6.07, 6.45) is 36.7. The average molecular weight is 978 g/mol. The van der Waals surface area contributed by atoms with Crippen molar-refractivity contribution in [2.24, 2.45) is 0 Å². The fourth-order valence-corrected chi connectivity index (χ4v) is 8.26. The predicted octanol–water partition coefficient (Wildman–Crippen LogP) is 13.0. The monoisotopic (exact) mass is 978 g/mol. The summed E-state index contributed by atoms with van der Waals surface area (Å²) in [4.78, 5) is 59.8. The summed E-state index contributed by atoms with van der Waals surface area (Å²) in [6.45, 7) is 6.77. The molecule has 0 aromatic heterocycles. The van der Waals surface area contributed by atoms with Crippen LogP contribution in [-0.2, 0) is 56.5 Å². The largest absolute Gasteiger partial charge is 0.472 e. The molecular weight excluding hydrogens is 878 g/mol. The van der Waals surface area contributed by atoms with E-state index in [1.54, 1.807) is 0 Å². The maximum absolute atomic E-state index is 12.8. The Morgan fingerprint density at radius 3 is 1.30 bits per heavy atom. The van der Waals surface area contributed by atoms with Gasteiger partial charge in [-0.3, -0.25) is 28.2 Å². The second-order valence-electron chi connectivity index (χ2n) is 18.1. The second kappa shape index (κ2) is 50.3. The Labute approximate surface area is 408 Å². The van der Waals surface area contributed by atoms with Crippen molar-refractivity contribution in [2.45, 2.75) is 252 Å². The Balaban J connectivity index is 4.54. The molecule has 15 heteroatoms. The molecule has 0 spiro atoms. The van der Waals surface area contributed by atoms with E-state index in [-0.39, 0.29) is 58.7 Å². The quantitative estimate of drug-likeness (QED) is 0.0254. The standard InChI is InChI=1S/C52H100NO13P/c1-4-7-9-11-13-15-17-19-21-23-25-27-29-31-33-35-50(55)63-46-48(66-52(57)36-34-32-30-28-26-24-22-20-18-16-14-12-10-8-5-2)47-65-67(58,59)64-43-39-53-49(54)37-42-62-51(56)38-41-61-45-44-60-40-6-3/h48H,4-47H2,1-3H3,(H,53,54)(H,58,59). The Morgan fingerprint density at radius 1 is 0.418 bits per heavy atom. The van der Waals surface area contributed by atoms with Crippen molar-refractivity contribution < 1.29 is 61.4 Å². The van der Waals surface area contributed by atoms with Crippen LogP contribution in [0.4, 0.5) is 0 Å². The van der Waals surface area contributed by atoms with Crippen molar-refractivity contribution >= 4 is 31.6 Å². The fourth-order valence-electron chi connectivity index (χ4n) is 7.51. The predicted molar refractivity (Wildman–Crippen MR) is 267 cm³/mol. The Kier molecular flexibility index (Phi) is 48.7. The first kappa shape index (κ1) is 64.9. The number of amides is 1. The molecule has 396 valence electrons. The summed E-state index contributed by atoms with van der Waals surface area (Å²) in [5.41, 5.74) is 0. The lowest BCUT2D eigenvalue weighted by Gasteiger charge is -2.20. The molecule has 67 heavy (non-hydrogen) atoms. The third kappa shape index (κ3) is 50.1. The first-order valence-electron chi connectivity index (χ1n) is 27.2. The van der Waals surface area contributed by atoms with Crippen LogP contribution >= 0.6 is 7.82 Å². The van der Waals surface area contributed by atoms with Crippen LogP contribution in [-0.4, -0.2) is 94.2 Å². The van der Waals surface area contributed by atoms with Gasteiger partial charge < -0.3 is 33.9 Å². The van der Waals surface area contributed by atoms with Crippen LogP contribution in [0.3, 0.4) is 0 Å². The molecule has 0 rings (SSSR count). The topological polar surface area (TPSA) is 182 Å². The van der Waals surface area contributed by atoms with Crippen molar-refractivity contribution in [3.05, 3.63) is 0 Å². The summed E-state index contributed by atoms with van der Waals surface area (Å²) in [5, 5.41) is 2.52. The van der Waals surface area contributed by atoms with Crippen molar-refractivity contribution in [3.8, 4) is 0 Å². The van der Waals surface area contributed by atoms with Crippen LogP contribution in [0.1, 0.15) is 245 Å². The van der Waals surface area contributed by atoms with Gasteiger partial charge in [-0.25, -0.2) is 4.57 Å². The highest BCUT2D eigenvalue weighted by molar-refractivity contribution is 7.47. The Morgan fingerprint density at radius 2 is 0.836 bits per heavy atom. The van der Waals surface area contributed by atoms with E-state index in [1.165, 1.54) is 141 Å². The van der Waals surface area contributed by atoms with Gasteiger partial charge in [0.15, 0.2) is 6.10 Å². The molecule has 2 N–H and O–H groups in total. The number of phosphoric acid groups is 1. The number of carbonyl (C=O) groups is 4. The number of esters is 3. The average Bonchev–Trinajstić information content (AvgIpc) is 3.31. The van der Waals surface area contributed by atoms with Crippen molar-refractivity contribution in [3.63, 3.8) is 0 Å². The smallest absolute Gasteiger partial charge is 0.465 e. The zero-order valence-electron chi connectivity index (χ0n) is 43.0. The number of hydrogen-bond acceptors (Lipinski definition) is 12. The number of ether oxygens (including phenoxy) is 5. The number of carbonyl (C=O) groups excluding carboxylic acids is 4. The zero-order valence-corrected chi connectivity index (χ0v) is 43.9. The van der Waals surface area contributed by atoms with Gasteiger partial charge in [-0.1, -0.05) is 201 Å². The minimum atomic E-state index is -4.63. The lowest BCUT2D eigenvalue weighted by molar-refractivity contribution is -0.161. The van der Waals surface area contributed by atoms with Crippen LogP contribution in [0, 0.1) is 0 Å². The van der Waals surface area contributed by atoms with Gasteiger partial charge in [-0.2, -0.15) is 0 Å². The lowest BCUT2D eigenvalue weighted by Crippen LogP contribution is -2.30. The van der Waals surface area contributed by atoms with Crippen molar-refractivity contribution in [2.75, 3.05) is 59.4 Å². The second-order valence-corrected chi connectivity index (χ2v) is 19.5. The fraction of sp³-hybridized carbons (Fsp3) is 0.923. The van der Waals surface area contributed by atoms with E-state index in [2.05, 4.69) is 19.2 Å². The van der Waals surface area contributed by atoms with Gasteiger partial charge >= 0.3 is 25.7 Å². The van der Waals surface area contributed by atoms with Crippen LogP contribution in [0.15, 0.2) is 0 Å². The minimum Gasteiger partial charge on any atom is -0.465 e. The van der Waals surface area contributed by atoms with Crippen LogP contribution in [0.5, 0.6) is 0 Å². The Bertz CT molecular complexity index is 1190. The lowest BCUT2D eigenvalue weighted by atomic mass is 10.0. The van der Waals surface area contributed by atoms with Gasteiger partial charge in [0.2, 0.25) is 5.91 Å². The normalized spacial score (nSPS) is 12.7. The molecule has 0 radical (unpaired) electrons. The molecule has 2 unspecified atom stereocenters.